The summed E-state index contributed by atoms with van der Waals surface area (Å²) in [5.74, 6) is 1.85. The van der Waals surface area contributed by atoms with Gasteiger partial charge in [0.25, 0.3) is 5.91 Å². The second-order valence-electron chi connectivity index (χ2n) is 5.72. The monoisotopic (exact) mass is 288 g/mol. The fraction of sp³-hybridized carbons (Fsp3) is 0.467. The summed E-state index contributed by atoms with van der Waals surface area (Å²) in [6.45, 7) is 5.26. The van der Waals surface area contributed by atoms with Gasteiger partial charge in [-0.1, -0.05) is 0 Å². The minimum atomic E-state index is -0.0516. The first kappa shape index (κ1) is 13.9. The van der Waals surface area contributed by atoms with Crippen LogP contribution >= 0.6 is 0 Å². The van der Waals surface area contributed by atoms with Crippen molar-refractivity contribution in [1.82, 2.24) is 15.1 Å². The van der Waals surface area contributed by atoms with Gasteiger partial charge in [-0.2, -0.15) is 5.10 Å². The number of amides is 1. The Morgan fingerprint density at radius 2 is 2.38 bits per heavy atom. The lowest BCUT2D eigenvalue weighted by molar-refractivity contribution is 0.0737. The number of carbonyl (C=O) groups excluding carboxylic acids is 1. The van der Waals surface area contributed by atoms with Gasteiger partial charge in [-0.05, 0) is 44.9 Å². The Kier molecular flexibility index (Phi) is 3.55. The van der Waals surface area contributed by atoms with Crippen molar-refractivity contribution in [1.29, 1.82) is 0 Å². The molecule has 1 fully saturated rings. The molecule has 1 aliphatic rings. The van der Waals surface area contributed by atoms with Gasteiger partial charge in [-0.25, -0.2) is 0 Å². The van der Waals surface area contributed by atoms with Crippen molar-refractivity contribution in [2.75, 3.05) is 13.1 Å². The van der Waals surface area contributed by atoms with E-state index >= 15 is 0 Å². The number of hydrogen-bond acceptors (Lipinski definition) is 4. The number of likely N-dealkylation sites (tertiary alicyclic amines) is 1. The van der Waals surface area contributed by atoms with E-state index in [0.29, 0.717) is 36.2 Å². The Hall–Kier alpha value is -2.08. The molecule has 1 amide bonds. The minimum Gasteiger partial charge on any atom is -0.460 e. The smallest absolute Gasteiger partial charge is 0.274 e. The lowest BCUT2D eigenvalue weighted by atomic mass is 10.1. The summed E-state index contributed by atoms with van der Waals surface area (Å²) in [5.41, 5.74) is 6.84. The number of H-pyrrole nitrogens is 1. The van der Waals surface area contributed by atoms with Crippen molar-refractivity contribution in [2.45, 2.75) is 26.3 Å². The van der Waals surface area contributed by atoms with E-state index in [2.05, 4.69) is 17.1 Å². The van der Waals surface area contributed by atoms with E-state index in [1.54, 1.807) is 6.07 Å². The highest BCUT2D eigenvalue weighted by Crippen LogP contribution is 2.25. The molecule has 3 heterocycles. The van der Waals surface area contributed by atoms with Crippen LogP contribution < -0.4 is 5.73 Å². The third kappa shape index (κ3) is 2.58. The van der Waals surface area contributed by atoms with Crippen LogP contribution in [0.25, 0.3) is 11.5 Å². The fourth-order valence-electron chi connectivity index (χ4n) is 2.88. The van der Waals surface area contributed by atoms with Crippen molar-refractivity contribution in [2.24, 2.45) is 11.7 Å². The van der Waals surface area contributed by atoms with Gasteiger partial charge in [0.2, 0.25) is 0 Å². The van der Waals surface area contributed by atoms with Crippen LogP contribution in [0.4, 0.5) is 0 Å². The number of nitrogens with one attached hydrogen (secondary N) is 1. The van der Waals surface area contributed by atoms with Crippen molar-refractivity contribution >= 4 is 5.91 Å². The van der Waals surface area contributed by atoms with Crippen LogP contribution in [0.3, 0.4) is 0 Å². The summed E-state index contributed by atoms with van der Waals surface area (Å²) < 4.78 is 5.53. The van der Waals surface area contributed by atoms with Crippen LogP contribution in [0.15, 0.2) is 22.6 Å². The average molecular weight is 288 g/mol. The Balaban J connectivity index is 1.78. The molecule has 2 aromatic heterocycles. The number of hydrogen-bond donors (Lipinski definition) is 2. The van der Waals surface area contributed by atoms with E-state index in [1.165, 1.54) is 0 Å². The zero-order valence-electron chi connectivity index (χ0n) is 12.3. The molecule has 0 aliphatic carbocycles. The summed E-state index contributed by atoms with van der Waals surface area (Å²) in [6, 6.07) is 5.69. The van der Waals surface area contributed by atoms with Gasteiger partial charge in [0, 0.05) is 18.7 Å². The molecular formula is C15H20N4O2. The molecule has 2 aromatic rings. The zero-order chi connectivity index (χ0) is 15.0. The SMILES string of the molecule is Cc1ccc(-c2cc(C(=O)N3CC(CN)CC3C)n[nH]2)o1. The predicted molar refractivity (Wildman–Crippen MR) is 78.7 cm³/mol. The lowest BCUT2D eigenvalue weighted by Gasteiger charge is -2.20. The van der Waals surface area contributed by atoms with E-state index < -0.39 is 0 Å². The maximum Gasteiger partial charge on any atom is 0.274 e. The third-order valence-electron chi connectivity index (χ3n) is 4.06. The average Bonchev–Trinajstić information content (AvgIpc) is 3.16. The van der Waals surface area contributed by atoms with Crippen molar-refractivity contribution < 1.29 is 9.21 Å². The van der Waals surface area contributed by atoms with Crippen LogP contribution in [0, 0.1) is 12.8 Å². The van der Waals surface area contributed by atoms with Gasteiger partial charge in [0.1, 0.15) is 11.5 Å². The predicted octanol–water partition coefficient (Wildman–Crippen LogP) is 1.79. The molecule has 3 N–H and O–H groups in total. The van der Waals surface area contributed by atoms with E-state index in [1.807, 2.05) is 24.0 Å². The quantitative estimate of drug-likeness (QED) is 0.901. The van der Waals surface area contributed by atoms with E-state index in [-0.39, 0.29) is 11.9 Å². The maximum absolute atomic E-state index is 12.5. The third-order valence-corrected chi connectivity index (χ3v) is 4.06. The molecule has 2 unspecified atom stereocenters. The van der Waals surface area contributed by atoms with E-state index in [4.69, 9.17) is 10.2 Å². The number of carbonyl (C=O) groups is 1. The van der Waals surface area contributed by atoms with Gasteiger partial charge in [0.15, 0.2) is 11.5 Å². The summed E-state index contributed by atoms with van der Waals surface area (Å²) in [7, 11) is 0. The van der Waals surface area contributed by atoms with Crippen LogP contribution in [0.5, 0.6) is 0 Å². The fourth-order valence-corrected chi connectivity index (χ4v) is 2.88. The second-order valence-corrected chi connectivity index (χ2v) is 5.72. The molecule has 112 valence electrons. The number of aromatic nitrogens is 2. The largest absolute Gasteiger partial charge is 0.460 e. The number of nitrogens with two attached hydrogens (primary N) is 1. The van der Waals surface area contributed by atoms with Crippen molar-refractivity contribution in [3.05, 3.63) is 29.7 Å². The first-order chi connectivity index (χ1) is 10.1. The molecule has 0 spiro atoms. The van der Waals surface area contributed by atoms with E-state index in [9.17, 15) is 4.79 Å². The van der Waals surface area contributed by atoms with Crippen molar-refractivity contribution in [3.8, 4) is 11.5 Å². The van der Waals surface area contributed by atoms with Gasteiger partial charge in [-0.15, -0.1) is 0 Å². The first-order valence-electron chi connectivity index (χ1n) is 7.21. The Bertz CT molecular complexity index is 646. The number of aromatic amines is 1. The number of aryl methyl sites for hydroxylation is 1. The minimum absolute atomic E-state index is 0.0516. The summed E-state index contributed by atoms with van der Waals surface area (Å²) in [6.07, 6.45) is 0.955. The molecular weight excluding hydrogens is 268 g/mol. The number of rotatable bonds is 3. The van der Waals surface area contributed by atoms with Gasteiger partial charge < -0.3 is 15.1 Å². The Morgan fingerprint density at radius 1 is 1.57 bits per heavy atom. The lowest BCUT2D eigenvalue weighted by Crippen LogP contribution is -2.34. The van der Waals surface area contributed by atoms with Crippen LogP contribution in [-0.4, -0.2) is 40.1 Å². The van der Waals surface area contributed by atoms with Crippen molar-refractivity contribution in [3.63, 3.8) is 0 Å². The molecule has 1 aliphatic heterocycles. The molecule has 0 aromatic carbocycles. The maximum atomic E-state index is 12.5. The number of nitrogens with zero attached hydrogens (tertiary/aromatic N) is 2. The zero-order valence-corrected chi connectivity index (χ0v) is 12.3. The molecule has 0 saturated carbocycles. The Morgan fingerprint density at radius 3 is 3.00 bits per heavy atom. The standard InChI is InChI=1S/C15H20N4O2/c1-9-5-11(7-16)8-19(9)15(20)13-6-12(17-18-13)14-4-3-10(2)21-14/h3-4,6,9,11H,5,7-8,16H2,1-2H3,(H,17,18). The number of furan rings is 1. The van der Waals surface area contributed by atoms with Crippen LogP contribution in [0.2, 0.25) is 0 Å². The topological polar surface area (TPSA) is 88.1 Å². The summed E-state index contributed by atoms with van der Waals surface area (Å²) >= 11 is 0. The van der Waals surface area contributed by atoms with Gasteiger partial charge in [-0.3, -0.25) is 9.89 Å². The van der Waals surface area contributed by atoms with Gasteiger partial charge in [0.05, 0.1) is 0 Å². The second kappa shape index (κ2) is 5.37. The summed E-state index contributed by atoms with van der Waals surface area (Å²) in [4.78, 5) is 14.4. The molecule has 2 atom stereocenters. The highest BCUT2D eigenvalue weighted by atomic mass is 16.3. The molecule has 1 saturated heterocycles. The molecule has 3 rings (SSSR count). The van der Waals surface area contributed by atoms with E-state index in [0.717, 1.165) is 12.2 Å². The van der Waals surface area contributed by atoms with Crippen LogP contribution in [0.1, 0.15) is 29.6 Å². The molecule has 6 nitrogen and oxygen atoms in total. The molecule has 6 heteroatoms. The highest BCUT2D eigenvalue weighted by molar-refractivity contribution is 5.93. The van der Waals surface area contributed by atoms with Crippen LogP contribution in [-0.2, 0) is 0 Å². The normalized spacial score (nSPS) is 22.0. The Labute approximate surface area is 123 Å². The first-order valence-corrected chi connectivity index (χ1v) is 7.21. The molecule has 0 radical (unpaired) electrons. The molecule has 21 heavy (non-hydrogen) atoms. The van der Waals surface area contributed by atoms with Gasteiger partial charge >= 0.3 is 0 Å². The summed E-state index contributed by atoms with van der Waals surface area (Å²) in [5, 5.41) is 6.99. The highest BCUT2D eigenvalue weighted by Gasteiger charge is 2.33. The molecule has 0 bridgehead atoms.